The number of nitrogens with one attached hydrogen (secondary N) is 1. The fraction of sp³-hybridized carbons (Fsp3) is 0.0667. The number of benzene rings is 2. The number of hydrogen-bond donors (Lipinski definition) is 1. The first-order valence-electron chi connectivity index (χ1n) is 5.69. The third-order valence-electron chi connectivity index (χ3n) is 3.01. The maximum Gasteiger partial charge on any atom is 0.118 e. The van der Waals surface area contributed by atoms with Crippen molar-refractivity contribution in [3.05, 3.63) is 52.1 Å². The molecule has 0 amide bonds. The van der Waals surface area contributed by atoms with Crippen molar-refractivity contribution in [3.63, 3.8) is 0 Å². The van der Waals surface area contributed by atoms with Crippen molar-refractivity contribution < 1.29 is 4.74 Å². The Hall–Kier alpha value is -1.49. The maximum absolute atomic E-state index is 5.17. The molecule has 0 spiro atoms. The molecule has 2 nitrogen and oxygen atoms in total. The van der Waals surface area contributed by atoms with Crippen molar-refractivity contribution >= 4 is 33.5 Å². The van der Waals surface area contributed by atoms with Crippen molar-refractivity contribution in [3.8, 4) is 17.0 Å². The van der Waals surface area contributed by atoms with Gasteiger partial charge in [0.25, 0.3) is 0 Å². The van der Waals surface area contributed by atoms with Crippen LogP contribution in [0.3, 0.4) is 0 Å². The lowest BCUT2D eigenvalue weighted by Gasteiger charge is -2.01. The number of para-hydroxylation sites is 1. The summed E-state index contributed by atoms with van der Waals surface area (Å²) in [5.74, 6) is 0.879. The van der Waals surface area contributed by atoms with Gasteiger partial charge in [-0.2, -0.15) is 0 Å². The smallest absolute Gasteiger partial charge is 0.118 e. The Balaban J connectivity index is 2.10. The van der Waals surface area contributed by atoms with E-state index in [4.69, 9.17) is 4.74 Å². The van der Waals surface area contributed by atoms with Gasteiger partial charge in [0.1, 0.15) is 5.75 Å². The van der Waals surface area contributed by atoms with Gasteiger partial charge >= 0.3 is 0 Å². The average Bonchev–Trinajstić information content (AvgIpc) is 2.84. The fourth-order valence-electron chi connectivity index (χ4n) is 2.05. The van der Waals surface area contributed by atoms with Gasteiger partial charge < -0.3 is 9.72 Å². The molecule has 1 aromatic heterocycles. The Kier molecular flexibility index (Phi) is 2.99. The summed E-state index contributed by atoms with van der Waals surface area (Å²) in [6, 6.07) is 16.6. The third-order valence-corrected chi connectivity index (χ3v) is 3.91. The Morgan fingerprint density at radius 2 is 1.83 bits per heavy atom. The minimum atomic E-state index is 0.879. The first-order valence-corrected chi connectivity index (χ1v) is 6.77. The van der Waals surface area contributed by atoms with Crippen LogP contribution in [-0.4, -0.2) is 12.1 Å². The Morgan fingerprint density at radius 3 is 2.50 bits per heavy atom. The summed E-state index contributed by atoms with van der Waals surface area (Å²) in [6.45, 7) is 0. The average molecular weight is 349 g/mol. The molecular formula is C15H12INO. The highest BCUT2D eigenvalue weighted by atomic mass is 127. The quantitative estimate of drug-likeness (QED) is 0.680. The molecular weight excluding hydrogens is 337 g/mol. The number of fused-ring (bicyclic) bond motifs is 1. The number of ether oxygens (including phenoxy) is 1. The number of methoxy groups -OCH3 is 1. The summed E-state index contributed by atoms with van der Waals surface area (Å²) in [7, 11) is 1.68. The van der Waals surface area contributed by atoms with Crippen LogP contribution in [0.25, 0.3) is 22.2 Å². The highest BCUT2D eigenvalue weighted by molar-refractivity contribution is 14.1. The molecule has 2 aromatic carbocycles. The number of halogens is 1. The lowest BCUT2D eigenvalue weighted by atomic mass is 10.1. The zero-order valence-electron chi connectivity index (χ0n) is 9.91. The molecule has 0 aliphatic carbocycles. The Bertz CT molecular complexity index is 685. The van der Waals surface area contributed by atoms with E-state index < -0.39 is 0 Å². The SMILES string of the molecule is COc1ccc(-c2cc3cccc(I)c3[nH]2)cc1. The fourth-order valence-corrected chi connectivity index (χ4v) is 2.70. The number of aromatic amines is 1. The zero-order valence-corrected chi connectivity index (χ0v) is 12.1. The van der Waals surface area contributed by atoms with Crippen LogP contribution >= 0.6 is 22.6 Å². The molecule has 3 heteroatoms. The Morgan fingerprint density at radius 1 is 1.06 bits per heavy atom. The highest BCUT2D eigenvalue weighted by Crippen LogP contribution is 2.27. The zero-order chi connectivity index (χ0) is 12.5. The van der Waals surface area contributed by atoms with Crippen LogP contribution in [-0.2, 0) is 0 Å². The molecule has 0 aliphatic heterocycles. The number of H-pyrrole nitrogens is 1. The monoisotopic (exact) mass is 349 g/mol. The molecule has 0 atom stereocenters. The van der Waals surface area contributed by atoms with Gasteiger partial charge in [0, 0.05) is 14.7 Å². The van der Waals surface area contributed by atoms with E-state index in [2.05, 4.69) is 64.0 Å². The van der Waals surface area contributed by atoms with Crippen molar-refractivity contribution in [2.24, 2.45) is 0 Å². The molecule has 0 aliphatic rings. The van der Waals surface area contributed by atoms with Gasteiger partial charge in [-0.15, -0.1) is 0 Å². The summed E-state index contributed by atoms with van der Waals surface area (Å²) >= 11 is 2.35. The predicted molar refractivity (Wildman–Crippen MR) is 83.0 cm³/mol. The molecule has 1 heterocycles. The minimum Gasteiger partial charge on any atom is -0.497 e. The molecule has 0 saturated carbocycles. The summed E-state index contributed by atoms with van der Waals surface area (Å²) in [5.41, 5.74) is 3.50. The second-order valence-corrected chi connectivity index (χ2v) is 5.28. The van der Waals surface area contributed by atoms with Crippen molar-refractivity contribution in [1.82, 2.24) is 4.98 Å². The van der Waals surface area contributed by atoms with E-state index >= 15 is 0 Å². The standard InChI is InChI=1S/C15H12INO/c1-18-12-7-5-10(6-8-12)14-9-11-3-2-4-13(16)15(11)17-14/h2-9,17H,1H3. The molecule has 3 aromatic rings. The van der Waals surface area contributed by atoms with Crippen LogP contribution in [0.5, 0.6) is 5.75 Å². The van der Waals surface area contributed by atoms with Gasteiger partial charge in [0.15, 0.2) is 0 Å². The number of hydrogen-bond acceptors (Lipinski definition) is 1. The maximum atomic E-state index is 5.17. The largest absolute Gasteiger partial charge is 0.497 e. The second kappa shape index (κ2) is 4.65. The Labute approximate surface area is 119 Å². The molecule has 3 rings (SSSR count). The number of aromatic nitrogens is 1. The summed E-state index contributed by atoms with van der Waals surface area (Å²) in [5, 5.41) is 1.24. The topological polar surface area (TPSA) is 25.0 Å². The summed E-state index contributed by atoms with van der Waals surface area (Å²) < 4.78 is 6.41. The van der Waals surface area contributed by atoms with E-state index in [1.165, 1.54) is 20.0 Å². The van der Waals surface area contributed by atoms with Gasteiger partial charge in [-0.1, -0.05) is 12.1 Å². The van der Waals surface area contributed by atoms with Gasteiger partial charge in [-0.05, 0) is 64.6 Å². The summed E-state index contributed by atoms with van der Waals surface area (Å²) in [4.78, 5) is 3.47. The van der Waals surface area contributed by atoms with E-state index in [0.29, 0.717) is 0 Å². The second-order valence-electron chi connectivity index (χ2n) is 4.12. The molecule has 0 radical (unpaired) electrons. The lowest BCUT2D eigenvalue weighted by molar-refractivity contribution is 0.415. The molecule has 0 saturated heterocycles. The van der Waals surface area contributed by atoms with E-state index in [1.54, 1.807) is 7.11 Å². The normalized spacial score (nSPS) is 10.8. The van der Waals surface area contributed by atoms with Crippen LogP contribution in [0.15, 0.2) is 48.5 Å². The van der Waals surface area contributed by atoms with Gasteiger partial charge in [0.2, 0.25) is 0 Å². The predicted octanol–water partition coefficient (Wildman–Crippen LogP) is 4.45. The van der Waals surface area contributed by atoms with Crippen LogP contribution < -0.4 is 4.74 Å². The highest BCUT2D eigenvalue weighted by Gasteiger charge is 2.05. The summed E-state index contributed by atoms with van der Waals surface area (Å²) in [6.07, 6.45) is 0. The molecule has 0 unspecified atom stereocenters. The number of rotatable bonds is 2. The third kappa shape index (κ3) is 1.99. The molecule has 90 valence electrons. The molecule has 18 heavy (non-hydrogen) atoms. The van der Waals surface area contributed by atoms with Gasteiger partial charge in [-0.3, -0.25) is 0 Å². The van der Waals surface area contributed by atoms with E-state index in [-0.39, 0.29) is 0 Å². The van der Waals surface area contributed by atoms with E-state index in [0.717, 1.165) is 11.4 Å². The lowest BCUT2D eigenvalue weighted by Crippen LogP contribution is -1.82. The van der Waals surface area contributed by atoms with Gasteiger partial charge in [-0.25, -0.2) is 0 Å². The van der Waals surface area contributed by atoms with Crippen LogP contribution in [0.2, 0.25) is 0 Å². The van der Waals surface area contributed by atoms with Crippen molar-refractivity contribution in [2.45, 2.75) is 0 Å². The van der Waals surface area contributed by atoms with Crippen molar-refractivity contribution in [1.29, 1.82) is 0 Å². The molecule has 0 fully saturated rings. The van der Waals surface area contributed by atoms with Gasteiger partial charge in [0.05, 0.1) is 12.6 Å². The van der Waals surface area contributed by atoms with Crippen LogP contribution in [0.4, 0.5) is 0 Å². The van der Waals surface area contributed by atoms with E-state index in [1.807, 2.05) is 12.1 Å². The first-order chi connectivity index (χ1) is 8.78. The molecule has 0 bridgehead atoms. The first kappa shape index (κ1) is 11.6. The van der Waals surface area contributed by atoms with E-state index in [9.17, 15) is 0 Å². The molecule has 1 N–H and O–H groups in total. The van der Waals surface area contributed by atoms with Crippen LogP contribution in [0.1, 0.15) is 0 Å². The van der Waals surface area contributed by atoms with Crippen LogP contribution in [0, 0.1) is 3.57 Å². The minimum absolute atomic E-state index is 0.879. The van der Waals surface area contributed by atoms with Crippen molar-refractivity contribution in [2.75, 3.05) is 7.11 Å².